The fourth-order valence-corrected chi connectivity index (χ4v) is 2.43. The lowest BCUT2D eigenvalue weighted by Crippen LogP contribution is -1.96. The van der Waals surface area contributed by atoms with Crippen LogP contribution in [0.5, 0.6) is 0 Å². The standard InChI is InChI=1S/C16H12ClFN2/c1-9-5-3-7-11(13(9)18)15-16(17)19-12-8-4-6-10(2)14(12)20-15/h3-8H,1-2H3. The van der Waals surface area contributed by atoms with Gasteiger partial charge < -0.3 is 0 Å². The molecule has 0 atom stereocenters. The summed E-state index contributed by atoms with van der Waals surface area (Å²) in [6, 6.07) is 10.9. The van der Waals surface area contributed by atoms with Crippen molar-refractivity contribution in [1.82, 2.24) is 9.97 Å². The van der Waals surface area contributed by atoms with Gasteiger partial charge in [0.1, 0.15) is 11.5 Å². The maximum atomic E-state index is 14.2. The first-order chi connectivity index (χ1) is 9.58. The van der Waals surface area contributed by atoms with Crippen molar-refractivity contribution in [2.75, 3.05) is 0 Å². The zero-order valence-electron chi connectivity index (χ0n) is 11.1. The van der Waals surface area contributed by atoms with Gasteiger partial charge in [0.15, 0.2) is 5.15 Å². The smallest absolute Gasteiger partial charge is 0.156 e. The quantitative estimate of drug-likeness (QED) is 0.647. The zero-order valence-corrected chi connectivity index (χ0v) is 11.9. The van der Waals surface area contributed by atoms with Crippen molar-refractivity contribution >= 4 is 22.6 Å². The van der Waals surface area contributed by atoms with Gasteiger partial charge in [-0.3, -0.25) is 0 Å². The molecule has 0 radical (unpaired) electrons. The van der Waals surface area contributed by atoms with Crippen LogP contribution in [0.1, 0.15) is 11.1 Å². The molecule has 0 amide bonds. The van der Waals surface area contributed by atoms with Crippen molar-refractivity contribution in [3.8, 4) is 11.3 Å². The van der Waals surface area contributed by atoms with Crippen LogP contribution in [0.4, 0.5) is 4.39 Å². The Balaban J connectivity index is 2.34. The number of halogens is 2. The molecule has 0 spiro atoms. The molecule has 0 aliphatic heterocycles. The van der Waals surface area contributed by atoms with E-state index in [4.69, 9.17) is 11.6 Å². The van der Waals surface area contributed by atoms with Crippen LogP contribution in [0.3, 0.4) is 0 Å². The monoisotopic (exact) mass is 286 g/mol. The van der Waals surface area contributed by atoms with E-state index in [0.29, 0.717) is 22.3 Å². The highest BCUT2D eigenvalue weighted by molar-refractivity contribution is 6.32. The van der Waals surface area contributed by atoms with Gasteiger partial charge in [-0.05, 0) is 37.1 Å². The number of aromatic nitrogens is 2. The molecular formula is C16H12ClFN2. The number of fused-ring (bicyclic) bond motifs is 1. The van der Waals surface area contributed by atoms with E-state index in [9.17, 15) is 4.39 Å². The van der Waals surface area contributed by atoms with E-state index in [1.165, 1.54) is 0 Å². The van der Waals surface area contributed by atoms with Crippen LogP contribution < -0.4 is 0 Å². The lowest BCUT2D eigenvalue weighted by molar-refractivity contribution is 0.621. The Morgan fingerprint density at radius 1 is 0.950 bits per heavy atom. The molecule has 0 saturated heterocycles. The molecular weight excluding hydrogens is 275 g/mol. The molecule has 2 nitrogen and oxygen atoms in total. The Labute approximate surface area is 121 Å². The summed E-state index contributed by atoms with van der Waals surface area (Å²) in [5.74, 6) is -0.309. The van der Waals surface area contributed by atoms with Gasteiger partial charge in [0.25, 0.3) is 0 Å². The van der Waals surface area contributed by atoms with Gasteiger partial charge in [-0.1, -0.05) is 35.9 Å². The SMILES string of the molecule is Cc1cccc(-c2nc3c(C)cccc3nc2Cl)c1F. The van der Waals surface area contributed by atoms with Gasteiger partial charge in [0, 0.05) is 5.56 Å². The molecule has 0 fully saturated rings. The lowest BCUT2D eigenvalue weighted by atomic mass is 10.1. The van der Waals surface area contributed by atoms with E-state index in [2.05, 4.69) is 9.97 Å². The summed E-state index contributed by atoms with van der Waals surface area (Å²) in [4.78, 5) is 8.83. The van der Waals surface area contributed by atoms with Crippen molar-refractivity contribution in [2.24, 2.45) is 0 Å². The maximum absolute atomic E-state index is 14.2. The summed E-state index contributed by atoms with van der Waals surface area (Å²) in [7, 11) is 0. The highest BCUT2D eigenvalue weighted by Gasteiger charge is 2.15. The molecule has 20 heavy (non-hydrogen) atoms. The minimum atomic E-state index is -0.309. The highest BCUT2D eigenvalue weighted by Crippen LogP contribution is 2.30. The van der Waals surface area contributed by atoms with E-state index in [1.54, 1.807) is 25.1 Å². The minimum Gasteiger partial charge on any atom is -0.243 e. The second kappa shape index (κ2) is 4.84. The number of nitrogens with zero attached hydrogens (tertiary/aromatic N) is 2. The number of hydrogen-bond acceptors (Lipinski definition) is 2. The van der Waals surface area contributed by atoms with Crippen molar-refractivity contribution < 1.29 is 4.39 Å². The Kier molecular flexibility index (Phi) is 3.14. The number of aryl methyl sites for hydroxylation is 2. The topological polar surface area (TPSA) is 25.8 Å². The zero-order chi connectivity index (χ0) is 14.3. The van der Waals surface area contributed by atoms with Crippen LogP contribution in [-0.4, -0.2) is 9.97 Å². The summed E-state index contributed by atoms with van der Waals surface area (Å²) in [6.45, 7) is 3.66. The first kappa shape index (κ1) is 13.0. The summed E-state index contributed by atoms with van der Waals surface area (Å²) in [5, 5.41) is 0.215. The van der Waals surface area contributed by atoms with E-state index in [-0.39, 0.29) is 11.0 Å². The Morgan fingerprint density at radius 2 is 1.65 bits per heavy atom. The van der Waals surface area contributed by atoms with Crippen molar-refractivity contribution in [2.45, 2.75) is 13.8 Å². The van der Waals surface area contributed by atoms with Crippen LogP contribution in [0.2, 0.25) is 5.15 Å². The molecule has 0 aliphatic carbocycles. The van der Waals surface area contributed by atoms with Gasteiger partial charge in [0.05, 0.1) is 11.0 Å². The molecule has 3 rings (SSSR count). The fraction of sp³-hybridized carbons (Fsp3) is 0.125. The Morgan fingerprint density at radius 3 is 2.45 bits per heavy atom. The minimum absolute atomic E-state index is 0.215. The fourth-order valence-electron chi connectivity index (χ4n) is 2.20. The summed E-state index contributed by atoms with van der Waals surface area (Å²) in [5.41, 5.74) is 3.77. The summed E-state index contributed by atoms with van der Waals surface area (Å²) in [6.07, 6.45) is 0. The summed E-state index contributed by atoms with van der Waals surface area (Å²) >= 11 is 6.17. The molecule has 0 unspecified atom stereocenters. The third-order valence-corrected chi connectivity index (χ3v) is 3.56. The largest absolute Gasteiger partial charge is 0.243 e. The Bertz CT molecular complexity index is 815. The molecule has 0 aliphatic rings. The van der Waals surface area contributed by atoms with Gasteiger partial charge in [0.2, 0.25) is 0 Å². The number of rotatable bonds is 1. The summed E-state index contributed by atoms with van der Waals surface area (Å²) < 4.78 is 14.2. The van der Waals surface area contributed by atoms with E-state index in [0.717, 1.165) is 11.1 Å². The first-order valence-electron chi connectivity index (χ1n) is 6.26. The molecule has 0 bridgehead atoms. The molecule has 0 N–H and O–H groups in total. The van der Waals surface area contributed by atoms with Crippen LogP contribution >= 0.6 is 11.6 Å². The molecule has 2 aromatic carbocycles. The van der Waals surface area contributed by atoms with Crippen molar-refractivity contribution in [3.05, 3.63) is 58.5 Å². The number of para-hydroxylation sites is 1. The molecule has 3 aromatic rings. The van der Waals surface area contributed by atoms with Crippen LogP contribution in [0.25, 0.3) is 22.3 Å². The van der Waals surface area contributed by atoms with Gasteiger partial charge in [-0.15, -0.1) is 0 Å². The van der Waals surface area contributed by atoms with Crippen molar-refractivity contribution in [3.63, 3.8) is 0 Å². The third kappa shape index (κ3) is 2.04. The number of benzene rings is 2. The average Bonchev–Trinajstić information content (AvgIpc) is 2.42. The molecule has 1 aromatic heterocycles. The molecule has 100 valence electrons. The van der Waals surface area contributed by atoms with E-state index >= 15 is 0 Å². The van der Waals surface area contributed by atoms with E-state index < -0.39 is 0 Å². The highest BCUT2D eigenvalue weighted by atomic mass is 35.5. The maximum Gasteiger partial charge on any atom is 0.156 e. The second-order valence-electron chi connectivity index (χ2n) is 4.74. The van der Waals surface area contributed by atoms with Gasteiger partial charge in [-0.25, -0.2) is 14.4 Å². The van der Waals surface area contributed by atoms with Crippen molar-refractivity contribution in [1.29, 1.82) is 0 Å². The predicted molar refractivity (Wildman–Crippen MR) is 79.4 cm³/mol. The Hall–Kier alpha value is -2.00. The first-order valence-corrected chi connectivity index (χ1v) is 6.64. The average molecular weight is 287 g/mol. The van der Waals surface area contributed by atoms with Crippen LogP contribution in [0.15, 0.2) is 36.4 Å². The predicted octanol–water partition coefficient (Wildman–Crippen LogP) is 4.71. The van der Waals surface area contributed by atoms with E-state index in [1.807, 2.05) is 25.1 Å². The van der Waals surface area contributed by atoms with Crippen LogP contribution in [0, 0.1) is 19.7 Å². The lowest BCUT2D eigenvalue weighted by Gasteiger charge is -2.09. The van der Waals surface area contributed by atoms with Gasteiger partial charge >= 0.3 is 0 Å². The number of hydrogen-bond donors (Lipinski definition) is 0. The molecule has 1 heterocycles. The normalized spacial score (nSPS) is 11.0. The molecule has 0 saturated carbocycles. The van der Waals surface area contributed by atoms with Crippen LogP contribution in [-0.2, 0) is 0 Å². The third-order valence-electron chi connectivity index (χ3n) is 3.30. The van der Waals surface area contributed by atoms with Gasteiger partial charge in [-0.2, -0.15) is 0 Å². The molecule has 4 heteroatoms. The second-order valence-corrected chi connectivity index (χ2v) is 5.10.